The first-order valence-electron chi connectivity index (χ1n) is 9.00. The fraction of sp³-hybridized carbons (Fsp3) is 0.632. The second-order valence-corrected chi connectivity index (χ2v) is 7.99. The SMILES string of the molecule is CSC1CCCC(NC(=O)C2(Oc3ccccc3)CCNCC2)C1. The third-order valence-corrected chi connectivity index (χ3v) is 6.27. The number of carbonyl (C=O) groups is 1. The molecule has 1 aliphatic carbocycles. The van der Waals surface area contributed by atoms with Crippen molar-refractivity contribution >= 4 is 17.7 Å². The van der Waals surface area contributed by atoms with E-state index in [4.69, 9.17) is 4.74 Å². The number of hydrogen-bond acceptors (Lipinski definition) is 4. The molecule has 2 atom stereocenters. The molecule has 0 bridgehead atoms. The van der Waals surface area contributed by atoms with Gasteiger partial charge in [-0.2, -0.15) is 11.8 Å². The second-order valence-electron chi connectivity index (χ2n) is 6.85. The summed E-state index contributed by atoms with van der Waals surface area (Å²) >= 11 is 1.92. The minimum atomic E-state index is -0.737. The predicted octanol–water partition coefficient (Wildman–Crippen LogP) is 2.98. The van der Waals surface area contributed by atoms with Crippen LogP contribution in [0.4, 0.5) is 0 Å². The fourth-order valence-electron chi connectivity index (χ4n) is 3.73. The molecule has 3 rings (SSSR count). The summed E-state index contributed by atoms with van der Waals surface area (Å²) in [5.41, 5.74) is -0.737. The van der Waals surface area contributed by atoms with Gasteiger partial charge < -0.3 is 15.4 Å². The van der Waals surface area contributed by atoms with Crippen LogP contribution >= 0.6 is 11.8 Å². The lowest BCUT2D eigenvalue weighted by Crippen LogP contribution is -2.58. The first kappa shape index (κ1) is 17.6. The number of para-hydroxylation sites is 1. The lowest BCUT2D eigenvalue weighted by Gasteiger charge is -2.38. The predicted molar refractivity (Wildman–Crippen MR) is 99.6 cm³/mol. The molecule has 1 amide bonds. The third-order valence-electron chi connectivity index (χ3n) is 5.18. The number of rotatable bonds is 5. The Labute approximate surface area is 149 Å². The van der Waals surface area contributed by atoms with Crippen molar-refractivity contribution in [2.45, 2.75) is 55.4 Å². The van der Waals surface area contributed by atoms with Crippen molar-refractivity contribution in [3.05, 3.63) is 30.3 Å². The van der Waals surface area contributed by atoms with E-state index >= 15 is 0 Å². The Morgan fingerprint density at radius 2 is 2.00 bits per heavy atom. The molecule has 1 aromatic rings. The van der Waals surface area contributed by atoms with Crippen molar-refractivity contribution in [3.8, 4) is 5.75 Å². The van der Waals surface area contributed by atoms with Gasteiger partial charge in [-0.05, 0) is 50.7 Å². The smallest absolute Gasteiger partial charge is 0.264 e. The highest BCUT2D eigenvalue weighted by Gasteiger charge is 2.43. The zero-order valence-corrected chi connectivity index (χ0v) is 15.2. The molecule has 1 saturated carbocycles. The molecule has 1 heterocycles. The van der Waals surface area contributed by atoms with Crippen LogP contribution in [0, 0.1) is 0 Å². The molecule has 5 heteroatoms. The lowest BCUT2D eigenvalue weighted by molar-refractivity contribution is -0.140. The van der Waals surface area contributed by atoms with E-state index in [1.165, 1.54) is 12.8 Å². The fourth-order valence-corrected chi connectivity index (χ4v) is 4.55. The monoisotopic (exact) mass is 348 g/mol. The van der Waals surface area contributed by atoms with Crippen LogP contribution in [0.25, 0.3) is 0 Å². The van der Waals surface area contributed by atoms with E-state index in [1.54, 1.807) is 0 Å². The molecule has 0 aromatic heterocycles. The molecule has 2 N–H and O–H groups in total. The zero-order valence-electron chi connectivity index (χ0n) is 14.4. The zero-order chi connectivity index (χ0) is 16.8. The molecule has 0 radical (unpaired) electrons. The molecular formula is C19H28N2O2S. The van der Waals surface area contributed by atoms with Gasteiger partial charge in [-0.1, -0.05) is 24.6 Å². The minimum absolute atomic E-state index is 0.0691. The van der Waals surface area contributed by atoms with Crippen LogP contribution in [0.15, 0.2) is 30.3 Å². The Morgan fingerprint density at radius 3 is 2.71 bits per heavy atom. The first-order valence-corrected chi connectivity index (χ1v) is 10.3. The summed E-state index contributed by atoms with van der Waals surface area (Å²) in [5, 5.41) is 7.32. The number of carbonyl (C=O) groups excluding carboxylic acids is 1. The number of piperidine rings is 1. The topological polar surface area (TPSA) is 50.4 Å². The van der Waals surface area contributed by atoms with Gasteiger partial charge in [0.05, 0.1) is 0 Å². The number of nitrogens with one attached hydrogen (secondary N) is 2. The van der Waals surface area contributed by atoms with Gasteiger partial charge in [0.25, 0.3) is 5.91 Å². The van der Waals surface area contributed by atoms with E-state index in [0.29, 0.717) is 18.1 Å². The first-order chi connectivity index (χ1) is 11.7. The molecule has 1 saturated heterocycles. The number of amides is 1. The highest BCUT2D eigenvalue weighted by atomic mass is 32.2. The summed E-state index contributed by atoms with van der Waals surface area (Å²) in [4.78, 5) is 13.1. The van der Waals surface area contributed by atoms with E-state index in [9.17, 15) is 4.79 Å². The normalized spacial score (nSPS) is 26.5. The van der Waals surface area contributed by atoms with Gasteiger partial charge in [-0.15, -0.1) is 0 Å². The van der Waals surface area contributed by atoms with Gasteiger partial charge in [-0.25, -0.2) is 0 Å². The lowest BCUT2D eigenvalue weighted by atomic mass is 9.89. The number of thioether (sulfide) groups is 1. The summed E-state index contributed by atoms with van der Waals surface area (Å²) < 4.78 is 6.24. The molecule has 1 aromatic carbocycles. The molecule has 4 nitrogen and oxygen atoms in total. The summed E-state index contributed by atoms with van der Waals surface area (Å²) in [6.45, 7) is 1.64. The molecule has 2 unspecified atom stereocenters. The van der Waals surface area contributed by atoms with Gasteiger partial charge in [-0.3, -0.25) is 4.79 Å². The average Bonchev–Trinajstić information content (AvgIpc) is 2.63. The Kier molecular flexibility index (Phi) is 6.06. The molecule has 2 aliphatic rings. The average molecular weight is 349 g/mol. The molecule has 24 heavy (non-hydrogen) atoms. The van der Waals surface area contributed by atoms with Gasteiger partial charge in [0, 0.05) is 24.1 Å². The van der Waals surface area contributed by atoms with E-state index in [1.807, 2.05) is 42.1 Å². The minimum Gasteiger partial charge on any atom is -0.477 e. The molecule has 1 aliphatic heterocycles. The van der Waals surface area contributed by atoms with Crippen molar-refractivity contribution in [2.24, 2.45) is 0 Å². The number of hydrogen-bond donors (Lipinski definition) is 2. The molecule has 0 spiro atoms. The maximum Gasteiger partial charge on any atom is 0.264 e. The van der Waals surface area contributed by atoms with Crippen LogP contribution in [-0.4, -0.2) is 42.1 Å². The quantitative estimate of drug-likeness (QED) is 0.859. The molecule has 132 valence electrons. The van der Waals surface area contributed by atoms with Crippen molar-refractivity contribution < 1.29 is 9.53 Å². The van der Waals surface area contributed by atoms with E-state index < -0.39 is 5.60 Å². The number of ether oxygens (including phenoxy) is 1. The summed E-state index contributed by atoms with van der Waals surface area (Å²) in [6.07, 6.45) is 8.23. The maximum absolute atomic E-state index is 13.1. The second kappa shape index (κ2) is 8.26. The maximum atomic E-state index is 13.1. The van der Waals surface area contributed by atoms with Crippen LogP contribution < -0.4 is 15.4 Å². The Bertz CT molecular complexity index is 531. The van der Waals surface area contributed by atoms with Crippen LogP contribution in [0.2, 0.25) is 0 Å². The van der Waals surface area contributed by atoms with Crippen LogP contribution in [-0.2, 0) is 4.79 Å². The summed E-state index contributed by atoms with van der Waals surface area (Å²) in [6, 6.07) is 10.0. The van der Waals surface area contributed by atoms with Gasteiger partial charge >= 0.3 is 0 Å². The van der Waals surface area contributed by atoms with Crippen LogP contribution in [0.3, 0.4) is 0 Å². The Morgan fingerprint density at radius 1 is 1.25 bits per heavy atom. The Hall–Kier alpha value is -1.20. The van der Waals surface area contributed by atoms with Crippen molar-refractivity contribution in [1.29, 1.82) is 0 Å². The van der Waals surface area contributed by atoms with Gasteiger partial charge in [0.15, 0.2) is 5.60 Å². The van der Waals surface area contributed by atoms with Crippen molar-refractivity contribution in [2.75, 3.05) is 19.3 Å². The molecule has 2 fully saturated rings. The summed E-state index contributed by atoms with van der Waals surface area (Å²) in [7, 11) is 0. The van der Waals surface area contributed by atoms with Crippen LogP contribution in [0.5, 0.6) is 5.75 Å². The van der Waals surface area contributed by atoms with Gasteiger partial charge in [0.2, 0.25) is 0 Å². The molecular weight excluding hydrogens is 320 g/mol. The van der Waals surface area contributed by atoms with Gasteiger partial charge in [0.1, 0.15) is 5.75 Å². The summed E-state index contributed by atoms with van der Waals surface area (Å²) in [5.74, 6) is 0.847. The van der Waals surface area contributed by atoms with Crippen LogP contribution in [0.1, 0.15) is 38.5 Å². The largest absolute Gasteiger partial charge is 0.477 e. The number of benzene rings is 1. The van der Waals surface area contributed by atoms with E-state index in [0.717, 1.165) is 31.7 Å². The van der Waals surface area contributed by atoms with Crippen molar-refractivity contribution in [3.63, 3.8) is 0 Å². The Balaban J connectivity index is 1.69. The highest BCUT2D eigenvalue weighted by Crippen LogP contribution is 2.30. The highest BCUT2D eigenvalue weighted by molar-refractivity contribution is 7.99. The third kappa shape index (κ3) is 4.25. The standard InChI is InChI=1S/C19H28N2O2S/c1-24-17-9-5-6-15(14-17)21-18(22)19(10-12-20-13-11-19)23-16-7-3-2-4-8-16/h2-4,7-8,15,17,20H,5-6,9-14H2,1H3,(H,21,22). The van der Waals surface area contributed by atoms with E-state index in [-0.39, 0.29) is 11.9 Å². The van der Waals surface area contributed by atoms with E-state index in [2.05, 4.69) is 16.9 Å². The van der Waals surface area contributed by atoms with Crippen molar-refractivity contribution in [1.82, 2.24) is 10.6 Å².